The van der Waals surface area contributed by atoms with Gasteiger partial charge in [-0.3, -0.25) is 4.79 Å². The van der Waals surface area contributed by atoms with Gasteiger partial charge in [0.15, 0.2) is 5.89 Å². The van der Waals surface area contributed by atoms with Gasteiger partial charge in [-0.1, -0.05) is 30.3 Å². The molecule has 2 rings (SSSR count). The molecule has 4 heteroatoms. The Bertz CT molecular complexity index is 561. The predicted molar refractivity (Wildman–Crippen MR) is 77.5 cm³/mol. The topological polar surface area (TPSA) is 55.1 Å². The molecule has 0 unspecified atom stereocenters. The number of hydrogen-bond acceptors (Lipinski definition) is 3. The smallest absolute Gasteiger partial charge is 0.227 e. The van der Waals surface area contributed by atoms with Crippen LogP contribution in [0.15, 0.2) is 34.7 Å². The van der Waals surface area contributed by atoms with Crippen molar-refractivity contribution in [3.8, 4) is 0 Å². The van der Waals surface area contributed by atoms with Gasteiger partial charge in [0, 0.05) is 13.5 Å². The van der Waals surface area contributed by atoms with E-state index in [1.807, 2.05) is 25.1 Å². The average Bonchev–Trinajstić information content (AvgIpc) is 2.74. The molecule has 1 amide bonds. The van der Waals surface area contributed by atoms with E-state index in [0.717, 1.165) is 18.5 Å². The summed E-state index contributed by atoms with van der Waals surface area (Å²) >= 11 is 0. The number of aryl methyl sites for hydroxylation is 3. The molecule has 2 aromatic rings. The molecule has 0 spiro atoms. The molecular formula is C16H20N2O2. The Hall–Kier alpha value is -2.10. The van der Waals surface area contributed by atoms with E-state index in [0.29, 0.717) is 18.2 Å². The summed E-state index contributed by atoms with van der Waals surface area (Å²) in [7, 11) is 0. The minimum Gasteiger partial charge on any atom is -0.445 e. The quantitative estimate of drug-likeness (QED) is 0.822. The van der Waals surface area contributed by atoms with E-state index in [1.165, 1.54) is 5.56 Å². The molecule has 20 heavy (non-hydrogen) atoms. The van der Waals surface area contributed by atoms with Gasteiger partial charge in [-0.25, -0.2) is 4.98 Å². The summed E-state index contributed by atoms with van der Waals surface area (Å²) in [5, 5.41) is 2.91. The number of hydrogen-bond donors (Lipinski definition) is 1. The fourth-order valence-corrected chi connectivity index (χ4v) is 2.11. The number of nitrogens with one attached hydrogen (secondary N) is 1. The van der Waals surface area contributed by atoms with Crippen LogP contribution in [0.2, 0.25) is 0 Å². The molecule has 0 saturated heterocycles. The molecular weight excluding hydrogens is 252 g/mol. The van der Waals surface area contributed by atoms with Crippen LogP contribution in [-0.2, 0) is 17.6 Å². The van der Waals surface area contributed by atoms with Crippen LogP contribution < -0.4 is 5.32 Å². The number of amides is 1. The lowest BCUT2D eigenvalue weighted by Gasteiger charge is -2.04. The Morgan fingerprint density at radius 2 is 2.00 bits per heavy atom. The number of oxazole rings is 1. The van der Waals surface area contributed by atoms with Gasteiger partial charge < -0.3 is 9.73 Å². The van der Waals surface area contributed by atoms with Gasteiger partial charge in [-0.05, 0) is 25.3 Å². The monoisotopic (exact) mass is 272 g/mol. The normalized spacial score (nSPS) is 10.5. The third kappa shape index (κ3) is 4.23. The van der Waals surface area contributed by atoms with E-state index in [9.17, 15) is 4.79 Å². The molecule has 0 aliphatic heterocycles. The van der Waals surface area contributed by atoms with E-state index >= 15 is 0 Å². The van der Waals surface area contributed by atoms with Crippen LogP contribution >= 0.6 is 0 Å². The van der Waals surface area contributed by atoms with Crippen LogP contribution in [0.25, 0.3) is 0 Å². The number of carbonyl (C=O) groups is 1. The number of benzene rings is 1. The molecule has 0 atom stereocenters. The Morgan fingerprint density at radius 3 is 2.65 bits per heavy atom. The highest BCUT2D eigenvalue weighted by Gasteiger charge is 2.11. The van der Waals surface area contributed by atoms with Crippen LogP contribution in [0, 0.1) is 13.8 Å². The van der Waals surface area contributed by atoms with E-state index in [-0.39, 0.29) is 12.3 Å². The second-order valence-electron chi connectivity index (χ2n) is 4.86. The van der Waals surface area contributed by atoms with Gasteiger partial charge in [0.2, 0.25) is 5.91 Å². The SMILES string of the molecule is Cc1nc(C)c(CC(=O)NCCCc2ccccc2)o1. The second-order valence-corrected chi connectivity index (χ2v) is 4.86. The Balaban J connectivity index is 1.69. The summed E-state index contributed by atoms with van der Waals surface area (Å²) in [6.07, 6.45) is 2.17. The van der Waals surface area contributed by atoms with E-state index < -0.39 is 0 Å². The molecule has 0 aliphatic carbocycles. The van der Waals surface area contributed by atoms with Crippen molar-refractivity contribution >= 4 is 5.91 Å². The molecule has 1 N–H and O–H groups in total. The van der Waals surface area contributed by atoms with Crippen molar-refractivity contribution in [2.24, 2.45) is 0 Å². The van der Waals surface area contributed by atoms with Crippen molar-refractivity contribution in [3.63, 3.8) is 0 Å². The first-order chi connectivity index (χ1) is 9.65. The standard InChI is InChI=1S/C16H20N2O2/c1-12-15(20-13(2)18-12)11-16(19)17-10-6-9-14-7-4-3-5-8-14/h3-5,7-8H,6,9-11H2,1-2H3,(H,17,19). The van der Waals surface area contributed by atoms with Gasteiger partial charge in [0.05, 0.1) is 12.1 Å². The van der Waals surface area contributed by atoms with Crippen molar-refractivity contribution < 1.29 is 9.21 Å². The number of carbonyl (C=O) groups excluding carboxylic acids is 1. The maximum absolute atomic E-state index is 11.8. The molecule has 106 valence electrons. The van der Waals surface area contributed by atoms with Gasteiger partial charge in [-0.2, -0.15) is 0 Å². The number of aromatic nitrogens is 1. The first-order valence-electron chi connectivity index (χ1n) is 6.88. The van der Waals surface area contributed by atoms with Crippen molar-refractivity contribution in [2.45, 2.75) is 33.1 Å². The summed E-state index contributed by atoms with van der Waals surface area (Å²) in [4.78, 5) is 15.9. The fourth-order valence-electron chi connectivity index (χ4n) is 2.11. The first-order valence-corrected chi connectivity index (χ1v) is 6.88. The third-order valence-electron chi connectivity index (χ3n) is 3.13. The summed E-state index contributed by atoms with van der Waals surface area (Å²) in [5.74, 6) is 1.25. The largest absolute Gasteiger partial charge is 0.445 e. The van der Waals surface area contributed by atoms with E-state index in [1.54, 1.807) is 6.92 Å². The van der Waals surface area contributed by atoms with Gasteiger partial charge in [0.1, 0.15) is 5.76 Å². The first kappa shape index (κ1) is 14.3. The molecule has 1 heterocycles. The summed E-state index contributed by atoms with van der Waals surface area (Å²) in [6, 6.07) is 10.3. The lowest BCUT2D eigenvalue weighted by Crippen LogP contribution is -2.26. The summed E-state index contributed by atoms with van der Waals surface area (Å²) < 4.78 is 5.39. The summed E-state index contributed by atoms with van der Waals surface area (Å²) in [5.41, 5.74) is 2.09. The zero-order valence-corrected chi connectivity index (χ0v) is 12.0. The fraction of sp³-hybridized carbons (Fsp3) is 0.375. The Labute approximate surface area is 119 Å². The van der Waals surface area contributed by atoms with Crippen molar-refractivity contribution in [2.75, 3.05) is 6.54 Å². The zero-order chi connectivity index (χ0) is 14.4. The zero-order valence-electron chi connectivity index (χ0n) is 12.0. The molecule has 1 aromatic carbocycles. The number of nitrogens with zero attached hydrogens (tertiary/aromatic N) is 1. The van der Waals surface area contributed by atoms with Crippen LogP contribution in [0.5, 0.6) is 0 Å². The Morgan fingerprint density at radius 1 is 1.25 bits per heavy atom. The molecule has 0 radical (unpaired) electrons. The maximum Gasteiger partial charge on any atom is 0.227 e. The van der Waals surface area contributed by atoms with Gasteiger partial charge in [0.25, 0.3) is 0 Å². The molecule has 0 bridgehead atoms. The Kier molecular flexibility index (Phi) is 4.93. The van der Waals surface area contributed by atoms with Crippen molar-refractivity contribution in [1.82, 2.24) is 10.3 Å². The lowest BCUT2D eigenvalue weighted by molar-refractivity contribution is -0.120. The van der Waals surface area contributed by atoms with Crippen LogP contribution in [0.1, 0.15) is 29.3 Å². The predicted octanol–water partition coefficient (Wildman–Crippen LogP) is 2.58. The van der Waals surface area contributed by atoms with Crippen LogP contribution in [0.3, 0.4) is 0 Å². The minimum absolute atomic E-state index is 0.0164. The average molecular weight is 272 g/mol. The maximum atomic E-state index is 11.8. The highest BCUT2D eigenvalue weighted by molar-refractivity contribution is 5.78. The van der Waals surface area contributed by atoms with Crippen molar-refractivity contribution in [1.29, 1.82) is 0 Å². The molecule has 0 aliphatic rings. The van der Waals surface area contributed by atoms with E-state index in [2.05, 4.69) is 22.4 Å². The van der Waals surface area contributed by atoms with Crippen molar-refractivity contribution in [3.05, 3.63) is 53.2 Å². The highest BCUT2D eigenvalue weighted by atomic mass is 16.4. The van der Waals surface area contributed by atoms with Gasteiger partial charge in [-0.15, -0.1) is 0 Å². The highest BCUT2D eigenvalue weighted by Crippen LogP contribution is 2.09. The van der Waals surface area contributed by atoms with Crippen LogP contribution in [0.4, 0.5) is 0 Å². The number of rotatable bonds is 6. The molecule has 1 aromatic heterocycles. The second kappa shape index (κ2) is 6.89. The molecule has 0 saturated carbocycles. The van der Waals surface area contributed by atoms with Gasteiger partial charge >= 0.3 is 0 Å². The van der Waals surface area contributed by atoms with E-state index in [4.69, 9.17) is 4.42 Å². The third-order valence-corrected chi connectivity index (χ3v) is 3.13. The van der Waals surface area contributed by atoms with Crippen LogP contribution in [-0.4, -0.2) is 17.4 Å². The molecule has 0 fully saturated rings. The molecule has 4 nitrogen and oxygen atoms in total. The lowest BCUT2D eigenvalue weighted by atomic mass is 10.1. The minimum atomic E-state index is -0.0164. The summed E-state index contributed by atoms with van der Waals surface area (Å²) in [6.45, 7) is 4.32.